The molecule has 0 aliphatic rings. The Kier molecular flexibility index (Phi) is 8.62. The van der Waals surface area contributed by atoms with Gasteiger partial charge in [0, 0.05) is 12.1 Å². The molecule has 0 aliphatic carbocycles. The van der Waals surface area contributed by atoms with Crippen molar-refractivity contribution < 1.29 is 28.7 Å². The number of imide groups is 1. The Bertz CT molecular complexity index is 660. The van der Waals surface area contributed by atoms with Crippen molar-refractivity contribution in [3.63, 3.8) is 0 Å². The van der Waals surface area contributed by atoms with Crippen LogP contribution < -0.4 is 20.7 Å². The first-order chi connectivity index (χ1) is 12.3. The number of hydrogen-bond acceptors (Lipinski definition) is 6. The van der Waals surface area contributed by atoms with Gasteiger partial charge in [-0.1, -0.05) is 19.9 Å². The van der Waals surface area contributed by atoms with Gasteiger partial charge in [-0.15, -0.1) is 0 Å². The molecule has 0 spiro atoms. The molecule has 3 N–H and O–H groups in total. The number of amides is 4. The highest BCUT2D eigenvalue weighted by Gasteiger charge is 2.13. The van der Waals surface area contributed by atoms with Crippen molar-refractivity contribution in [3.05, 3.63) is 29.8 Å². The van der Waals surface area contributed by atoms with Crippen LogP contribution in [0.25, 0.3) is 0 Å². The number of benzene rings is 1. The number of nitrogens with one attached hydrogen (secondary N) is 3. The number of esters is 1. The monoisotopic (exact) mass is 365 g/mol. The predicted molar refractivity (Wildman–Crippen MR) is 92.7 cm³/mol. The lowest BCUT2D eigenvalue weighted by molar-refractivity contribution is -0.147. The molecule has 0 heterocycles. The van der Waals surface area contributed by atoms with Gasteiger partial charge in [-0.25, -0.2) is 4.79 Å². The van der Waals surface area contributed by atoms with Crippen molar-refractivity contribution in [2.45, 2.75) is 13.8 Å². The van der Waals surface area contributed by atoms with E-state index in [1.165, 1.54) is 13.2 Å². The van der Waals surface area contributed by atoms with Crippen LogP contribution in [0.5, 0.6) is 5.75 Å². The summed E-state index contributed by atoms with van der Waals surface area (Å²) in [4.78, 5) is 46.3. The molecular formula is C17H23N3O6. The Hall–Kier alpha value is -3.10. The lowest BCUT2D eigenvalue weighted by Gasteiger charge is -2.09. The molecule has 142 valence electrons. The van der Waals surface area contributed by atoms with Crippen molar-refractivity contribution in [2.75, 3.05) is 26.8 Å². The molecule has 0 aromatic heterocycles. The standard InChI is InChI=1S/C17H23N3O6/c1-11(2)8-19-17(24)20-14(21)10-26-15(22)9-18-16(23)12-5-4-6-13(7-12)25-3/h4-7,11H,8-10H2,1-3H3,(H,18,23)(H2,19,20,21,24). The van der Waals surface area contributed by atoms with Gasteiger partial charge in [0.25, 0.3) is 11.8 Å². The number of methoxy groups -OCH3 is 1. The average molecular weight is 365 g/mol. The van der Waals surface area contributed by atoms with E-state index in [1.807, 2.05) is 19.2 Å². The zero-order chi connectivity index (χ0) is 19.5. The normalized spacial score (nSPS) is 10.0. The quantitative estimate of drug-likeness (QED) is 0.575. The Balaban J connectivity index is 2.30. The van der Waals surface area contributed by atoms with E-state index in [-0.39, 0.29) is 5.92 Å². The Morgan fingerprint density at radius 3 is 2.50 bits per heavy atom. The van der Waals surface area contributed by atoms with Crippen molar-refractivity contribution in [1.82, 2.24) is 16.0 Å². The summed E-state index contributed by atoms with van der Waals surface area (Å²) in [5.74, 6) is -1.31. The minimum atomic E-state index is -0.806. The second-order valence-corrected chi connectivity index (χ2v) is 5.73. The first-order valence-electron chi connectivity index (χ1n) is 7.97. The van der Waals surface area contributed by atoms with Gasteiger partial charge in [-0.05, 0) is 24.1 Å². The van der Waals surface area contributed by atoms with E-state index in [0.717, 1.165) is 0 Å². The van der Waals surface area contributed by atoms with Gasteiger partial charge in [0.05, 0.1) is 7.11 Å². The minimum absolute atomic E-state index is 0.238. The third-order valence-electron chi connectivity index (χ3n) is 3.01. The summed E-state index contributed by atoms with van der Waals surface area (Å²) in [6.45, 7) is 3.19. The number of hydrogen-bond donors (Lipinski definition) is 3. The van der Waals surface area contributed by atoms with Crippen molar-refractivity contribution in [2.24, 2.45) is 5.92 Å². The van der Waals surface area contributed by atoms with Crippen LogP contribution in [0.2, 0.25) is 0 Å². The Labute approximate surface area is 151 Å². The van der Waals surface area contributed by atoms with Crippen LogP contribution in [0, 0.1) is 5.92 Å². The molecule has 9 heteroatoms. The summed E-state index contributed by atoms with van der Waals surface area (Å²) < 4.78 is 9.70. The molecule has 0 saturated heterocycles. The summed E-state index contributed by atoms with van der Waals surface area (Å²) in [6.07, 6.45) is 0. The van der Waals surface area contributed by atoms with Gasteiger partial charge in [0.1, 0.15) is 12.3 Å². The van der Waals surface area contributed by atoms with Crippen LogP contribution >= 0.6 is 0 Å². The lowest BCUT2D eigenvalue weighted by Crippen LogP contribution is -2.43. The van der Waals surface area contributed by atoms with E-state index in [4.69, 9.17) is 9.47 Å². The number of urea groups is 1. The highest BCUT2D eigenvalue weighted by molar-refractivity contribution is 5.97. The molecule has 0 fully saturated rings. The van der Waals surface area contributed by atoms with Crippen molar-refractivity contribution in [1.29, 1.82) is 0 Å². The number of ether oxygens (including phenoxy) is 2. The summed E-state index contributed by atoms with van der Waals surface area (Å²) in [7, 11) is 1.47. The van der Waals surface area contributed by atoms with E-state index in [1.54, 1.807) is 18.2 Å². The van der Waals surface area contributed by atoms with E-state index >= 15 is 0 Å². The fourth-order valence-corrected chi connectivity index (χ4v) is 1.72. The molecule has 0 aliphatic heterocycles. The summed E-state index contributed by atoms with van der Waals surface area (Å²) in [6, 6.07) is 5.74. The average Bonchev–Trinajstić information content (AvgIpc) is 2.62. The molecule has 4 amide bonds. The summed E-state index contributed by atoms with van der Waals surface area (Å²) >= 11 is 0. The van der Waals surface area contributed by atoms with Crippen molar-refractivity contribution >= 4 is 23.8 Å². The Morgan fingerprint density at radius 2 is 1.85 bits per heavy atom. The van der Waals surface area contributed by atoms with Crippen LogP contribution in [0.1, 0.15) is 24.2 Å². The number of carbonyl (C=O) groups excluding carboxylic acids is 4. The van der Waals surface area contributed by atoms with Crippen molar-refractivity contribution in [3.8, 4) is 5.75 Å². The molecule has 1 aromatic carbocycles. The van der Waals surface area contributed by atoms with E-state index in [2.05, 4.69) is 10.6 Å². The third-order valence-corrected chi connectivity index (χ3v) is 3.01. The second-order valence-electron chi connectivity index (χ2n) is 5.73. The maximum Gasteiger partial charge on any atom is 0.325 e. The zero-order valence-electron chi connectivity index (χ0n) is 15.0. The van der Waals surface area contributed by atoms with E-state index < -0.39 is 37.0 Å². The van der Waals surface area contributed by atoms with E-state index in [0.29, 0.717) is 17.9 Å². The Morgan fingerprint density at radius 1 is 1.12 bits per heavy atom. The van der Waals surface area contributed by atoms with Crippen LogP contribution in [0.4, 0.5) is 4.79 Å². The van der Waals surface area contributed by atoms with E-state index in [9.17, 15) is 19.2 Å². The SMILES string of the molecule is COc1cccc(C(=O)NCC(=O)OCC(=O)NC(=O)NCC(C)C)c1. The fraction of sp³-hybridized carbons (Fsp3) is 0.412. The molecule has 1 aromatic rings. The molecule has 0 radical (unpaired) electrons. The minimum Gasteiger partial charge on any atom is -0.497 e. The third kappa shape index (κ3) is 8.13. The van der Waals surface area contributed by atoms with Crippen LogP contribution in [0.15, 0.2) is 24.3 Å². The molecule has 9 nitrogen and oxygen atoms in total. The summed E-state index contributed by atoms with van der Waals surface area (Å²) in [5.41, 5.74) is 0.316. The van der Waals surface area contributed by atoms with Gasteiger partial charge in [0.15, 0.2) is 6.61 Å². The molecule has 0 saturated carbocycles. The second kappa shape index (κ2) is 10.7. The predicted octanol–water partition coefficient (Wildman–Crippen LogP) is 0.450. The summed E-state index contributed by atoms with van der Waals surface area (Å²) in [5, 5.41) is 6.88. The fourth-order valence-electron chi connectivity index (χ4n) is 1.72. The first kappa shape index (κ1) is 20.9. The maximum absolute atomic E-state index is 11.9. The van der Waals surface area contributed by atoms with Crippen LogP contribution in [-0.2, 0) is 14.3 Å². The van der Waals surface area contributed by atoms with Gasteiger partial charge >= 0.3 is 12.0 Å². The maximum atomic E-state index is 11.9. The largest absolute Gasteiger partial charge is 0.497 e. The van der Waals surface area contributed by atoms with Crippen LogP contribution in [-0.4, -0.2) is 50.6 Å². The molecule has 1 rings (SSSR count). The molecular weight excluding hydrogens is 342 g/mol. The smallest absolute Gasteiger partial charge is 0.325 e. The highest BCUT2D eigenvalue weighted by Crippen LogP contribution is 2.12. The molecule has 0 bridgehead atoms. The molecule has 0 atom stereocenters. The number of rotatable bonds is 8. The zero-order valence-corrected chi connectivity index (χ0v) is 15.0. The van der Waals surface area contributed by atoms with Gasteiger partial charge < -0.3 is 20.1 Å². The lowest BCUT2D eigenvalue weighted by atomic mass is 10.2. The first-order valence-corrected chi connectivity index (χ1v) is 7.97. The number of carbonyl (C=O) groups is 4. The van der Waals surface area contributed by atoms with Gasteiger partial charge in [0.2, 0.25) is 0 Å². The topological polar surface area (TPSA) is 123 Å². The molecule has 26 heavy (non-hydrogen) atoms. The molecule has 0 unspecified atom stereocenters. The highest BCUT2D eigenvalue weighted by atomic mass is 16.5. The van der Waals surface area contributed by atoms with Gasteiger partial charge in [-0.2, -0.15) is 0 Å². The van der Waals surface area contributed by atoms with Crippen LogP contribution in [0.3, 0.4) is 0 Å². The van der Waals surface area contributed by atoms with Gasteiger partial charge in [-0.3, -0.25) is 19.7 Å².